The van der Waals surface area contributed by atoms with E-state index in [1.54, 1.807) is 11.0 Å². The van der Waals surface area contributed by atoms with Crippen molar-refractivity contribution in [2.75, 3.05) is 13.1 Å². The van der Waals surface area contributed by atoms with Gasteiger partial charge >= 0.3 is 0 Å². The Morgan fingerprint density at radius 1 is 1.41 bits per heavy atom. The number of likely N-dealkylation sites (tertiary alicyclic amines) is 1. The number of amides is 1. The highest BCUT2D eigenvalue weighted by Crippen LogP contribution is 2.25. The predicted molar refractivity (Wildman–Crippen MR) is 71.0 cm³/mol. The summed E-state index contributed by atoms with van der Waals surface area (Å²) < 4.78 is 0. The van der Waals surface area contributed by atoms with Gasteiger partial charge in [0.1, 0.15) is 5.75 Å². The van der Waals surface area contributed by atoms with E-state index in [0.29, 0.717) is 22.9 Å². The van der Waals surface area contributed by atoms with Crippen molar-refractivity contribution in [1.29, 1.82) is 0 Å². The van der Waals surface area contributed by atoms with Crippen molar-refractivity contribution >= 4 is 33.4 Å². The molecule has 0 bridgehead atoms. The molecular weight excluding hydrogens is 305 g/mol. The van der Waals surface area contributed by atoms with E-state index in [9.17, 15) is 9.90 Å². The van der Waals surface area contributed by atoms with Crippen molar-refractivity contribution in [2.45, 2.75) is 17.7 Å². The Morgan fingerprint density at radius 2 is 2.06 bits per heavy atom. The molecule has 1 aromatic carbocycles. The zero-order valence-electron chi connectivity index (χ0n) is 9.20. The second-order valence-corrected chi connectivity index (χ2v) is 5.86. The van der Waals surface area contributed by atoms with Gasteiger partial charge < -0.3 is 10.0 Å². The van der Waals surface area contributed by atoms with Crippen LogP contribution in [0.1, 0.15) is 23.2 Å². The number of halogens is 2. The number of benzene rings is 1. The summed E-state index contributed by atoms with van der Waals surface area (Å²) in [5.41, 5.74) is 0.283. The van der Waals surface area contributed by atoms with Gasteiger partial charge in [0.15, 0.2) is 0 Å². The van der Waals surface area contributed by atoms with Gasteiger partial charge in [0, 0.05) is 22.9 Å². The summed E-state index contributed by atoms with van der Waals surface area (Å²) in [6.45, 7) is 1.42. The fraction of sp³-hybridized carbons (Fsp3) is 0.417. The summed E-state index contributed by atoms with van der Waals surface area (Å²) in [6.07, 6.45) is 1.88. The van der Waals surface area contributed by atoms with Crippen LogP contribution in [0.2, 0.25) is 5.02 Å². The number of alkyl halides is 1. The summed E-state index contributed by atoms with van der Waals surface area (Å²) in [6, 6.07) is 4.53. The van der Waals surface area contributed by atoms with Gasteiger partial charge in [-0.25, -0.2) is 0 Å². The smallest absolute Gasteiger partial charge is 0.257 e. The molecule has 1 amide bonds. The van der Waals surface area contributed by atoms with Crippen LogP contribution in [0.4, 0.5) is 0 Å². The molecule has 1 fully saturated rings. The number of rotatable bonds is 1. The lowest BCUT2D eigenvalue weighted by Crippen LogP contribution is -2.38. The van der Waals surface area contributed by atoms with E-state index in [4.69, 9.17) is 11.6 Å². The standard InChI is InChI=1S/C12H13BrClNO2/c13-8-3-5-15(6-4-8)12(17)10-7-9(14)1-2-11(10)16/h1-2,7-8,16H,3-6H2. The first kappa shape index (κ1) is 12.7. The van der Waals surface area contributed by atoms with E-state index >= 15 is 0 Å². The van der Waals surface area contributed by atoms with Gasteiger partial charge in [-0.2, -0.15) is 0 Å². The predicted octanol–water partition coefficient (Wildman–Crippen LogP) is 3.05. The quantitative estimate of drug-likeness (QED) is 0.809. The third kappa shape index (κ3) is 2.93. The third-order valence-corrected chi connectivity index (χ3v) is 4.05. The van der Waals surface area contributed by atoms with Crippen molar-refractivity contribution in [1.82, 2.24) is 4.90 Å². The number of carbonyl (C=O) groups is 1. The zero-order chi connectivity index (χ0) is 12.4. The highest BCUT2D eigenvalue weighted by atomic mass is 79.9. The minimum absolute atomic E-state index is 0.0136. The summed E-state index contributed by atoms with van der Waals surface area (Å²) in [5.74, 6) is -0.162. The monoisotopic (exact) mass is 317 g/mol. The molecule has 1 N–H and O–H groups in total. The van der Waals surface area contributed by atoms with Gasteiger partial charge in [-0.1, -0.05) is 27.5 Å². The average molecular weight is 319 g/mol. The minimum atomic E-state index is -0.149. The number of hydrogen-bond donors (Lipinski definition) is 1. The first-order chi connectivity index (χ1) is 8.08. The van der Waals surface area contributed by atoms with Gasteiger partial charge in [-0.15, -0.1) is 0 Å². The molecule has 2 rings (SSSR count). The lowest BCUT2D eigenvalue weighted by atomic mass is 10.1. The lowest BCUT2D eigenvalue weighted by Gasteiger charge is -2.29. The van der Waals surface area contributed by atoms with E-state index in [-0.39, 0.29) is 17.2 Å². The fourth-order valence-electron chi connectivity index (χ4n) is 1.90. The molecule has 0 saturated carbocycles. The number of nitrogens with zero attached hydrogens (tertiary/aromatic N) is 1. The molecule has 92 valence electrons. The Hall–Kier alpha value is -0.740. The Labute approximate surface area is 114 Å². The Bertz CT molecular complexity index is 431. The van der Waals surface area contributed by atoms with Crippen molar-refractivity contribution in [3.63, 3.8) is 0 Å². The van der Waals surface area contributed by atoms with Crippen LogP contribution in [0.25, 0.3) is 0 Å². The molecule has 0 unspecified atom stereocenters. The van der Waals surface area contributed by atoms with Crippen LogP contribution in [0.15, 0.2) is 18.2 Å². The van der Waals surface area contributed by atoms with Crippen LogP contribution in [0.5, 0.6) is 5.75 Å². The highest BCUT2D eigenvalue weighted by Gasteiger charge is 2.23. The summed E-state index contributed by atoms with van der Waals surface area (Å²) in [5, 5.41) is 10.1. The molecule has 1 aliphatic rings. The van der Waals surface area contributed by atoms with Crippen LogP contribution < -0.4 is 0 Å². The number of aromatic hydroxyl groups is 1. The normalized spacial score (nSPS) is 17.2. The van der Waals surface area contributed by atoms with Crippen molar-refractivity contribution in [3.05, 3.63) is 28.8 Å². The Morgan fingerprint density at radius 3 is 2.71 bits per heavy atom. The Kier molecular flexibility index (Phi) is 3.94. The van der Waals surface area contributed by atoms with Gasteiger partial charge in [0.2, 0.25) is 0 Å². The van der Waals surface area contributed by atoms with Gasteiger partial charge in [-0.05, 0) is 31.0 Å². The largest absolute Gasteiger partial charge is 0.507 e. The molecule has 1 heterocycles. The maximum atomic E-state index is 12.2. The number of hydrogen-bond acceptors (Lipinski definition) is 2. The first-order valence-corrected chi connectivity index (χ1v) is 6.79. The van der Waals surface area contributed by atoms with Gasteiger partial charge in [-0.3, -0.25) is 4.79 Å². The molecule has 1 aliphatic heterocycles. The molecule has 0 radical (unpaired) electrons. The average Bonchev–Trinajstić information content (AvgIpc) is 2.32. The fourth-order valence-corrected chi connectivity index (χ4v) is 2.48. The van der Waals surface area contributed by atoms with Crippen LogP contribution in [0.3, 0.4) is 0 Å². The Balaban J connectivity index is 2.16. The van der Waals surface area contributed by atoms with Gasteiger partial charge in [0.05, 0.1) is 5.56 Å². The number of phenols is 1. The van der Waals surface area contributed by atoms with E-state index in [1.807, 2.05) is 0 Å². The highest BCUT2D eigenvalue weighted by molar-refractivity contribution is 9.09. The molecule has 3 nitrogen and oxygen atoms in total. The minimum Gasteiger partial charge on any atom is -0.507 e. The molecular formula is C12H13BrClNO2. The van der Waals surface area contributed by atoms with Crippen LogP contribution in [-0.2, 0) is 0 Å². The van der Waals surface area contributed by atoms with Crippen LogP contribution >= 0.6 is 27.5 Å². The van der Waals surface area contributed by atoms with E-state index in [0.717, 1.165) is 12.8 Å². The number of piperidine rings is 1. The second-order valence-electron chi connectivity index (χ2n) is 4.13. The van der Waals surface area contributed by atoms with Gasteiger partial charge in [0.25, 0.3) is 5.91 Å². The molecule has 17 heavy (non-hydrogen) atoms. The van der Waals surface area contributed by atoms with E-state index in [1.165, 1.54) is 12.1 Å². The summed E-state index contributed by atoms with van der Waals surface area (Å²) >= 11 is 9.37. The summed E-state index contributed by atoms with van der Waals surface area (Å²) in [7, 11) is 0. The van der Waals surface area contributed by atoms with Crippen LogP contribution in [-0.4, -0.2) is 33.8 Å². The molecule has 0 aliphatic carbocycles. The van der Waals surface area contributed by atoms with Crippen molar-refractivity contribution in [3.8, 4) is 5.75 Å². The second kappa shape index (κ2) is 5.27. The topological polar surface area (TPSA) is 40.5 Å². The summed E-state index contributed by atoms with van der Waals surface area (Å²) in [4.78, 5) is 14.4. The molecule has 0 aromatic heterocycles. The molecule has 0 atom stereocenters. The maximum absolute atomic E-state index is 12.2. The van der Waals surface area contributed by atoms with Crippen LogP contribution in [0, 0.1) is 0 Å². The van der Waals surface area contributed by atoms with Crippen molar-refractivity contribution in [2.24, 2.45) is 0 Å². The number of phenolic OH excluding ortho intramolecular Hbond substituents is 1. The molecule has 1 saturated heterocycles. The molecule has 0 spiro atoms. The zero-order valence-corrected chi connectivity index (χ0v) is 11.5. The maximum Gasteiger partial charge on any atom is 0.257 e. The SMILES string of the molecule is O=C(c1cc(Cl)ccc1O)N1CCC(Br)CC1. The van der Waals surface area contributed by atoms with E-state index < -0.39 is 0 Å². The van der Waals surface area contributed by atoms with Crippen molar-refractivity contribution < 1.29 is 9.90 Å². The number of carbonyl (C=O) groups excluding carboxylic acids is 1. The molecule has 1 aromatic rings. The lowest BCUT2D eigenvalue weighted by molar-refractivity contribution is 0.0725. The first-order valence-electron chi connectivity index (χ1n) is 5.50. The van der Waals surface area contributed by atoms with E-state index in [2.05, 4.69) is 15.9 Å². The molecule has 5 heteroatoms. The third-order valence-electron chi connectivity index (χ3n) is 2.90.